The van der Waals surface area contributed by atoms with Gasteiger partial charge in [0.15, 0.2) is 0 Å². The summed E-state index contributed by atoms with van der Waals surface area (Å²) < 4.78 is 4.58. The Bertz CT molecular complexity index is 843. The summed E-state index contributed by atoms with van der Waals surface area (Å²) in [7, 11) is 0. The fraction of sp³-hybridized carbons (Fsp3) is 0.238. The van der Waals surface area contributed by atoms with Gasteiger partial charge >= 0.3 is 5.97 Å². The molecule has 0 spiro atoms. The summed E-state index contributed by atoms with van der Waals surface area (Å²) in [4.78, 5) is 16.1. The number of ether oxygens (including phenoxy) is 1. The van der Waals surface area contributed by atoms with Crippen LogP contribution in [0.1, 0.15) is 26.3 Å². The van der Waals surface area contributed by atoms with Crippen molar-refractivity contribution < 1.29 is 14.6 Å². The van der Waals surface area contributed by atoms with E-state index in [0.717, 1.165) is 22.4 Å². The Balaban J connectivity index is 2.43. The van der Waals surface area contributed by atoms with Gasteiger partial charge in [-0.2, -0.15) is 0 Å². The molecule has 2 aromatic rings. The Hall–Kier alpha value is -2.53. The van der Waals surface area contributed by atoms with Crippen LogP contribution in [-0.2, 0) is 4.79 Å². The SMILES string of the molecule is C=Nc1ccc(-c2cccc(OCC)c2)cc1C(=C)SC(C)(C)C(=O)O. The Labute approximate surface area is 158 Å². The lowest BCUT2D eigenvalue weighted by Crippen LogP contribution is -2.26. The molecule has 1 N–H and O–H groups in total. The maximum atomic E-state index is 11.4. The van der Waals surface area contributed by atoms with Crippen LogP contribution in [0.2, 0.25) is 0 Å². The highest BCUT2D eigenvalue weighted by molar-refractivity contribution is 8.10. The summed E-state index contributed by atoms with van der Waals surface area (Å²) in [5, 5.41) is 9.37. The second-order valence-corrected chi connectivity index (χ2v) is 7.91. The van der Waals surface area contributed by atoms with Crippen molar-refractivity contribution in [1.82, 2.24) is 0 Å². The van der Waals surface area contributed by atoms with Crippen molar-refractivity contribution in [3.63, 3.8) is 0 Å². The topological polar surface area (TPSA) is 58.9 Å². The third-order valence-electron chi connectivity index (χ3n) is 3.84. The third-order valence-corrected chi connectivity index (χ3v) is 4.99. The largest absolute Gasteiger partial charge is 0.494 e. The van der Waals surface area contributed by atoms with Gasteiger partial charge in [-0.05, 0) is 62.9 Å². The minimum atomic E-state index is -0.986. The predicted molar refractivity (Wildman–Crippen MR) is 111 cm³/mol. The summed E-state index contributed by atoms with van der Waals surface area (Å²) in [6, 6.07) is 13.6. The maximum absolute atomic E-state index is 11.4. The molecule has 0 aliphatic rings. The molecule has 136 valence electrons. The number of aliphatic carboxylic acids is 1. The Morgan fingerprint density at radius 3 is 2.54 bits per heavy atom. The van der Waals surface area contributed by atoms with E-state index in [4.69, 9.17) is 4.74 Å². The number of hydrogen-bond acceptors (Lipinski definition) is 4. The number of benzene rings is 2. The van der Waals surface area contributed by atoms with E-state index in [-0.39, 0.29) is 0 Å². The first kappa shape index (κ1) is 19.8. The van der Waals surface area contributed by atoms with E-state index in [9.17, 15) is 9.90 Å². The molecule has 26 heavy (non-hydrogen) atoms. The molecule has 0 saturated carbocycles. The van der Waals surface area contributed by atoms with E-state index < -0.39 is 10.7 Å². The highest BCUT2D eigenvalue weighted by atomic mass is 32.2. The van der Waals surface area contributed by atoms with E-state index in [1.807, 2.05) is 49.4 Å². The molecular formula is C21H23NO3S. The molecule has 0 amide bonds. The van der Waals surface area contributed by atoms with Crippen LogP contribution < -0.4 is 4.74 Å². The van der Waals surface area contributed by atoms with Gasteiger partial charge in [0, 0.05) is 10.5 Å². The molecule has 0 bridgehead atoms. The van der Waals surface area contributed by atoms with Crippen LogP contribution in [0.4, 0.5) is 5.69 Å². The van der Waals surface area contributed by atoms with Crippen molar-refractivity contribution in [3.8, 4) is 16.9 Å². The Kier molecular flexibility index (Phi) is 6.27. The van der Waals surface area contributed by atoms with Crippen molar-refractivity contribution in [2.75, 3.05) is 6.61 Å². The van der Waals surface area contributed by atoms with Crippen molar-refractivity contribution in [2.45, 2.75) is 25.5 Å². The molecule has 0 atom stereocenters. The van der Waals surface area contributed by atoms with Crippen LogP contribution >= 0.6 is 11.8 Å². The predicted octanol–water partition coefficient (Wildman–Crippen LogP) is 5.65. The standard InChI is InChI=1S/C21H23NO3S/c1-6-25-17-9-7-8-15(12-17)16-10-11-19(22-5)18(13-16)14(2)26-21(3,4)20(23)24/h7-13H,2,5-6H2,1,3-4H3,(H,23,24). The van der Waals surface area contributed by atoms with Gasteiger partial charge in [0.1, 0.15) is 10.5 Å². The van der Waals surface area contributed by atoms with Gasteiger partial charge in [-0.15, -0.1) is 11.8 Å². The number of aliphatic imine (C=N–C) groups is 1. The second-order valence-electron chi connectivity index (χ2n) is 6.19. The number of hydrogen-bond donors (Lipinski definition) is 1. The van der Waals surface area contributed by atoms with Crippen molar-refractivity contribution >= 4 is 35.0 Å². The molecule has 0 unspecified atom stereocenters. The average Bonchev–Trinajstić information content (AvgIpc) is 2.61. The normalized spacial score (nSPS) is 11.0. The molecule has 0 aliphatic carbocycles. The maximum Gasteiger partial charge on any atom is 0.319 e. The highest BCUT2D eigenvalue weighted by Gasteiger charge is 2.29. The summed E-state index contributed by atoms with van der Waals surface area (Å²) in [6.45, 7) is 13.5. The minimum Gasteiger partial charge on any atom is -0.494 e. The van der Waals surface area contributed by atoms with Crippen molar-refractivity contribution in [1.29, 1.82) is 0 Å². The molecule has 0 saturated heterocycles. The van der Waals surface area contributed by atoms with Crippen LogP contribution in [0.3, 0.4) is 0 Å². The van der Waals surface area contributed by atoms with Gasteiger partial charge in [-0.1, -0.05) is 24.8 Å². The zero-order valence-corrected chi connectivity index (χ0v) is 16.1. The molecule has 2 rings (SSSR count). The zero-order chi connectivity index (χ0) is 19.3. The molecule has 0 heterocycles. The first-order valence-electron chi connectivity index (χ1n) is 8.24. The van der Waals surface area contributed by atoms with Crippen molar-refractivity contribution in [2.24, 2.45) is 4.99 Å². The Morgan fingerprint density at radius 2 is 1.92 bits per heavy atom. The minimum absolute atomic E-state index is 0.603. The van der Waals surface area contributed by atoms with Crippen LogP contribution in [0, 0.1) is 0 Å². The van der Waals surface area contributed by atoms with Gasteiger partial charge in [0.2, 0.25) is 0 Å². The quantitative estimate of drug-likeness (QED) is 0.611. The monoisotopic (exact) mass is 369 g/mol. The lowest BCUT2D eigenvalue weighted by molar-refractivity contribution is -0.138. The van der Waals surface area contributed by atoms with Crippen LogP contribution in [0.15, 0.2) is 54.0 Å². The van der Waals surface area contributed by atoms with Crippen molar-refractivity contribution in [3.05, 3.63) is 54.6 Å². The fourth-order valence-corrected chi connectivity index (χ4v) is 3.39. The van der Waals surface area contributed by atoms with Crippen LogP contribution in [-0.4, -0.2) is 29.1 Å². The van der Waals surface area contributed by atoms with Gasteiger partial charge < -0.3 is 9.84 Å². The second kappa shape index (κ2) is 8.23. The van der Waals surface area contributed by atoms with Gasteiger partial charge in [0.05, 0.1) is 12.3 Å². The van der Waals surface area contributed by atoms with E-state index in [0.29, 0.717) is 17.2 Å². The first-order valence-corrected chi connectivity index (χ1v) is 9.06. The number of thioether (sulfide) groups is 1. The number of rotatable bonds is 8. The molecule has 5 heteroatoms. The van der Waals surface area contributed by atoms with Gasteiger partial charge in [-0.25, -0.2) is 0 Å². The number of carboxylic acids is 1. The number of carboxylic acid groups (broad SMARTS) is 1. The summed E-state index contributed by atoms with van der Waals surface area (Å²) in [6.07, 6.45) is 0. The molecule has 0 aromatic heterocycles. The van der Waals surface area contributed by atoms with E-state index >= 15 is 0 Å². The number of carbonyl (C=O) groups is 1. The third kappa shape index (κ3) is 4.55. The zero-order valence-electron chi connectivity index (χ0n) is 15.3. The molecule has 0 fully saturated rings. The van der Waals surface area contributed by atoms with E-state index in [1.54, 1.807) is 13.8 Å². The highest BCUT2D eigenvalue weighted by Crippen LogP contribution is 2.41. The lowest BCUT2D eigenvalue weighted by Gasteiger charge is -2.21. The fourth-order valence-electron chi connectivity index (χ4n) is 2.42. The molecule has 0 radical (unpaired) electrons. The summed E-state index contributed by atoms with van der Waals surface area (Å²) >= 11 is 1.20. The lowest BCUT2D eigenvalue weighted by atomic mass is 10.0. The van der Waals surface area contributed by atoms with E-state index in [1.165, 1.54) is 11.8 Å². The molecule has 4 nitrogen and oxygen atoms in total. The first-order chi connectivity index (χ1) is 12.3. The van der Waals surface area contributed by atoms with Gasteiger partial charge in [0.25, 0.3) is 0 Å². The van der Waals surface area contributed by atoms with E-state index in [2.05, 4.69) is 18.3 Å². The summed E-state index contributed by atoms with van der Waals surface area (Å²) in [5.41, 5.74) is 3.43. The molecule has 0 aliphatic heterocycles. The van der Waals surface area contributed by atoms with Crippen LogP contribution in [0.5, 0.6) is 5.75 Å². The number of nitrogens with zero attached hydrogens (tertiary/aromatic N) is 1. The summed E-state index contributed by atoms with van der Waals surface area (Å²) in [5.74, 6) is -0.0879. The smallest absolute Gasteiger partial charge is 0.319 e. The Morgan fingerprint density at radius 1 is 1.23 bits per heavy atom. The average molecular weight is 369 g/mol. The van der Waals surface area contributed by atoms with Crippen LogP contribution in [0.25, 0.3) is 16.0 Å². The molecule has 2 aromatic carbocycles. The molecular weight excluding hydrogens is 346 g/mol. The van der Waals surface area contributed by atoms with Gasteiger partial charge in [-0.3, -0.25) is 9.79 Å².